The van der Waals surface area contributed by atoms with Crippen LogP contribution in [-0.2, 0) is 16.0 Å². The van der Waals surface area contributed by atoms with Crippen molar-refractivity contribution < 1.29 is 9.59 Å². The third-order valence-electron chi connectivity index (χ3n) is 4.49. The highest BCUT2D eigenvalue weighted by molar-refractivity contribution is 8.00. The number of aryl methyl sites for hydroxylation is 1. The number of carbonyl (C=O) groups excluding carboxylic acids is 2. The Balaban J connectivity index is 1.26. The molecule has 2 N–H and O–H groups in total. The minimum absolute atomic E-state index is 0.100. The van der Waals surface area contributed by atoms with E-state index in [9.17, 15) is 9.59 Å². The second kappa shape index (κ2) is 9.72. The first-order valence-corrected chi connectivity index (χ1v) is 11.5. The maximum atomic E-state index is 12.2. The van der Waals surface area contributed by atoms with Crippen LogP contribution in [-0.4, -0.2) is 27.5 Å². The van der Waals surface area contributed by atoms with Gasteiger partial charge in [-0.3, -0.25) is 25.4 Å². The molecule has 0 unspecified atom stereocenters. The monoisotopic (exact) mass is 448 g/mol. The van der Waals surface area contributed by atoms with Crippen molar-refractivity contribution in [1.82, 2.24) is 20.8 Å². The van der Waals surface area contributed by atoms with Gasteiger partial charge in [0, 0.05) is 27.4 Å². The molecule has 0 aliphatic rings. The average molecular weight is 449 g/mol. The standard InChI is InChI=1S/C23H20N4O2S2/c1-15-7-9-17(10-8-15)23-25-18(13-31-23)12-20(28)26-27-21(29)14-30-19-6-2-4-16-5-3-11-24-22(16)19/h2-11,13H,12,14H2,1H3,(H,26,28)(H,27,29). The summed E-state index contributed by atoms with van der Waals surface area (Å²) in [5, 5.41) is 3.75. The quantitative estimate of drug-likeness (QED) is 0.342. The fraction of sp³-hybridized carbons (Fsp3) is 0.130. The number of amides is 2. The molecule has 0 fully saturated rings. The lowest BCUT2D eigenvalue weighted by molar-refractivity contribution is -0.127. The lowest BCUT2D eigenvalue weighted by Crippen LogP contribution is -2.43. The average Bonchev–Trinajstić information content (AvgIpc) is 3.25. The van der Waals surface area contributed by atoms with Gasteiger partial charge in [-0.1, -0.05) is 48.0 Å². The zero-order chi connectivity index (χ0) is 21.6. The van der Waals surface area contributed by atoms with Gasteiger partial charge in [-0.2, -0.15) is 0 Å². The van der Waals surface area contributed by atoms with Crippen LogP contribution in [0.2, 0.25) is 0 Å². The van der Waals surface area contributed by atoms with E-state index in [2.05, 4.69) is 20.8 Å². The number of carbonyl (C=O) groups is 2. The van der Waals surface area contributed by atoms with Crippen molar-refractivity contribution in [3.8, 4) is 10.6 Å². The zero-order valence-corrected chi connectivity index (χ0v) is 18.4. The molecule has 4 aromatic rings. The van der Waals surface area contributed by atoms with Gasteiger partial charge in [0.15, 0.2) is 0 Å². The van der Waals surface area contributed by atoms with Crippen molar-refractivity contribution in [3.05, 3.63) is 77.4 Å². The predicted molar refractivity (Wildman–Crippen MR) is 125 cm³/mol. The van der Waals surface area contributed by atoms with Gasteiger partial charge in [-0.05, 0) is 19.1 Å². The van der Waals surface area contributed by atoms with E-state index in [1.165, 1.54) is 28.7 Å². The van der Waals surface area contributed by atoms with Crippen LogP contribution in [0.25, 0.3) is 21.5 Å². The van der Waals surface area contributed by atoms with E-state index in [4.69, 9.17) is 0 Å². The van der Waals surface area contributed by atoms with Crippen LogP contribution in [0.1, 0.15) is 11.3 Å². The lowest BCUT2D eigenvalue weighted by Gasteiger charge is -2.08. The third kappa shape index (κ3) is 5.48. The molecule has 2 amide bonds. The maximum absolute atomic E-state index is 12.2. The van der Waals surface area contributed by atoms with Gasteiger partial charge < -0.3 is 0 Å². The van der Waals surface area contributed by atoms with Crippen molar-refractivity contribution in [2.45, 2.75) is 18.2 Å². The first-order chi connectivity index (χ1) is 15.1. The Morgan fingerprint density at radius 1 is 1.00 bits per heavy atom. The highest BCUT2D eigenvalue weighted by atomic mass is 32.2. The highest BCUT2D eigenvalue weighted by Gasteiger charge is 2.11. The predicted octanol–water partition coefficient (Wildman–Crippen LogP) is 4.15. The van der Waals surface area contributed by atoms with E-state index in [1.54, 1.807) is 6.20 Å². The van der Waals surface area contributed by atoms with Gasteiger partial charge in [-0.15, -0.1) is 23.1 Å². The summed E-state index contributed by atoms with van der Waals surface area (Å²) < 4.78 is 0. The summed E-state index contributed by atoms with van der Waals surface area (Å²) in [6.45, 7) is 2.03. The van der Waals surface area contributed by atoms with Gasteiger partial charge in [0.25, 0.3) is 0 Å². The second-order valence-electron chi connectivity index (χ2n) is 6.90. The third-order valence-corrected chi connectivity index (χ3v) is 6.47. The summed E-state index contributed by atoms with van der Waals surface area (Å²) in [5.41, 5.74) is 8.66. The van der Waals surface area contributed by atoms with Crippen LogP contribution in [0.5, 0.6) is 0 Å². The summed E-state index contributed by atoms with van der Waals surface area (Å²) in [7, 11) is 0. The number of para-hydroxylation sites is 1. The normalized spacial score (nSPS) is 10.7. The molecule has 0 radical (unpaired) electrons. The van der Waals surface area contributed by atoms with E-state index in [1.807, 2.05) is 66.9 Å². The highest BCUT2D eigenvalue weighted by Crippen LogP contribution is 2.26. The summed E-state index contributed by atoms with van der Waals surface area (Å²) in [6, 6.07) is 17.8. The molecule has 0 saturated heterocycles. The van der Waals surface area contributed by atoms with Crippen molar-refractivity contribution >= 4 is 45.8 Å². The first-order valence-electron chi connectivity index (χ1n) is 9.64. The van der Waals surface area contributed by atoms with Gasteiger partial charge >= 0.3 is 0 Å². The number of nitrogens with one attached hydrogen (secondary N) is 2. The number of fused-ring (bicyclic) bond motifs is 1. The second-order valence-corrected chi connectivity index (χ2v) is 8.78. The molecule has 4 rings (SSSR count). The Hall–Kier alpha value is -3.23. The molecule has 8 heteroatoms. The number of rotatable bonds is 6. The first kappa shape index (κ1) is 21.0. The van der Waals surface area contributed by atoms with Gasteiger partial charge in [0.1, 0.15) is 5.01 Å². The molecule has 2 heterocycles. The van der Waals surface area contributed by atoms with E-state index in [0.29, 0.717) is 5.69 Å². The van der Waals surface area contributed by atoms with Crippen molar-refractivity contribution in [3.63, 3.8) is 0 Å². The number of hydrogen-bond acceptors (Lipinski definition) is 6. The number of thioether (sulfide) groups is 1. The van der Waals surface area contributed by atoms with Gasteiger partial charge in [0.05, 0.1) is 23.4 Å². The Kier molecular flexibility index (Phi) is 6.59. The molecule has 0 aliphatic heterocycles. The number of hydrogen-bond donors (Lipinski definition) is 2. The summed E-state index contributed by atoms with van der Waals surface area (Å²) in [5.74, 6) is -0.430. The molecule has 0 spiro atoms. The largest absolute Gasteiger partial charge is 0.273 e. The van der Waals surface area contributed by atoms with E-state index < -0.39 is 0 Å². The molecule has 0 bridgehead atoms. The minimum Gasteiger partial charge on any atom is -0.273 e. The van der Waals surface area contributed by atoms with E-state index >= 15 is 0 Å². The Labute approximate surface area is 188 Å². The van der Waals surface area contributed by atoms with E-state index in [0.717, 1.165) is 26.4 Å². The van der Waals surface area contributed by atoms with Crippen LogP contribution in [0.4, 0.5) is 0 Å². The van der Waals surface area contributed by atoms with Crippen LogP contribution in [0.3, 0.4) is 0 Å². The van der Waals surface area contributed by atoms with Gasteiger partial charge in [0.2, 0.25) is 11.8 Å². The van der Waals surface area contributed by atoms with Crippen LogP contribution >= 0.6 is 23.1 Å². The zero-order valence-electron chi connectivity index (χ0n) is 16.8. The number of benzene rings is 2. The van der Waals surface area contributed by atoms with Crippen LogP contribution in [0.15, 0.2) is 71.1 Å². The molecule has 0 atom stereocenters. The number of hydrazine groups is 1. The van der Waals surface area contributed by atoms with Crippen molar-refractivity contribution in [2.24, 2.45) is 0 Å². The molecule has 2 aromatic carbocycles. The Bertz CT molecular complexity index is 1220. The SMILES string of the molecule is Cc1ccc(-c2nc(CC(=O)NNC(=O)CSc3cccc4cccnc34)cs2)cc1. The minimum atomic E-state index is -0.314. The molecule has 2 aromatic heterocycles. The molecular formula is C23H20N4O2S2. The lowest BCUT2D eigenvalue weighted by atomic mass is 10.2. The molecule has 0 aliphatic carbocycles. The topological polar surface area (TPSA) is 84.0 Å². The molecule has 0 saturated carbocycles. The maximum Gasteiger partial charge on any atom is 0.248 e. The molecular weight excluding hydrogens is 428 g/mol. The fourth-order valence-corrected chi connectivity index (χ4v) is 4.60. The smallest absolute Gasteiger partial charge is 0.248 e. The Morgan fingerprint density at radius 3 is 2.61 bits per heavy atom. The number of thiazole rings is 1. The van der Waals surface area contributed by atoms with Crippen LogP contribution in [0, 0.1) is 6.92 Å². The molecule has 6 nitrogen and oxygen atoms in total. The molecule has 31 heavy (non-hydrogen) atoms. The number of pyridine rings is 1. The van der Waals surface area contributed by atoms with Crippen molar-refractivity contribution in [2.75, 3.05) is 5.75 Å². The number of nitrogens with zero attached hydrogens (tertiary/aromatic N) is 2. The van der Waals surface area contributed by atoms with Gasteiger partial charge in [-0.25, -0.2) is 4.98 Å². The molecule has 156 valence electrons. The summed E-state index contributed by atoms with van der Waals surface area (Å²) >= 11 is 2.87. The number of aromatic nitrogens is 2. The van der Waals surface area contributed by atoms with E-state index in [-0.39, 0.29) is 24.0 Å². The van der Waals surface area contributed by atoms with Crippen molar-refractivity contribution in [1.29, 1.82) is 0 Å². The Morgan fingerprint density at radius 2 is 1.77 bits per heavy atom. The summed E-state index contributed by atoms with van der Waals surface area (Å²) in [4.78, 5) is 34.1. The van der Waals surface area contributed by atoms with Crippen LogP contribution < -0.4 is 10.9 Å². The summed E-state index contributed by atoms with van der Waals surface area (Å²) in [6.07, 6.45) is 1.83. The fourth-order valence-electron chi connectivity index (χ4n) is 2.94.